The van der Waals surface area contributed by atoms with Crippen molar-refractivity contribution in [2.45, 2.75) is 32.6 Å². The van der Waals surface area contributed by atoms with Crippen LogP contribution in [0.4, 0.5) is 0 Å². The fourth-order valence-corrected chi connectivity index (χ4v) is 0.945. The Kier molecular flexibility index (Phi) is 15.0. The van der Waals surface area contributed by atoms with Crippen molar-refractivity contribution in [2.75, 3.05) is 13.6 Å². The zero-order valence-corrected chi connectivity index (χ0v) is 10.5. The second kappa shape index (κ2) is 14.3. The van der Waals surface area contributed by atoms with Crippen LogP contribution in [0.5, 0.6) is 0 Å². The average Bonchev–Trinajstić information content (AvgIpc) is 2.29. The molecule has 5 nitrogen and oxygen atoms in total. The highest BCUT2D eigenvalue weighted by atomic mass is 16.4. The number of hydrogen-bond donors (Lipinski definition) is 1. The van der Waals surface area contributed by atoms with E-state index in [1.807, 2.05) is 0 Å². The van der Waals surface area contributed by atoms with E-state index in [9.17, 15) is 14.4 Å². The third-order valence-electron chi connectivity index (χ3n) is 1.85. The van der Waals surface area contributed by atoms with Crippen molar-refractivity contribution in [3.63, 3.8) is 0 Å². The molecule has 17 heavy (non-hydrogen) atoms. The van der Waals surface area contributed by atoms with Crippen molar-refractivity contribution in [3.8, 4) is 0 Å². The molecule has 0 saturated heterocycles. The first-order valence-corrected chi connectivity index (χ1v) is 5.52. The van der Waals surface area contributed by atoms with Gasteiger partial charge in [0.1, 0.15) is 6.29 Å². The summed E-state index contributed by atoms with van der Waals surface area (Å²) < 4.78 is 0. The molecule has 0 fully saturated rings. The smallest absolute Gasteiger partial charge is 0.303 e. The van der Waals surface area contributed by atoms with Crippen LogP contribution >= 0.6 is 0 Å². The molecule has 0 aromatic rings. The number of amides is 1. The molecule has 0 bridgehead atoms. The Labute approximate surface area is 102 Å². The van der Waals surface area contributed by atoms with Gasteiger partial charge in [-0.2, -0.15) is 0 Å². The number of rotatable bonds is 8. The van der Waals surface area contributed by atoms with Gasteiger partial charge in [-0.3, -0.25) is 14.4 Å². The standard InChI is InChI=1S/C8H15NO3.C4H6O/c1-9(7-10)6-4-2-3-5-8(11)12;1-2-3-4-5/h7H,2-6H2,1H3,(H,11,12);2-4H,1H3/b;3-2-. The third kappa shape index (κ3) is 20.4. The molecule has 0 radical (unpaired) electrons. The lowest BCUT2D eigenvalue weighted by Gasteiger charge is -2.08. The average molecular weight is 243 g/mol. The molecule has 0 aromatic carbocycles. The van der Waals surface area contributed by atoms with Gasteiger partial charge in [-0.1, -0.05) is 12.5 Å². The van der Waals surface area contributed by atoms with Gasteiger partial charge in [-0.25, -0.2) is 0 Å². The summed E-state index contributed by atoms with van der Waals surface area (Å²) in [6.45, 7) is 2.51. The highest BCUT2D eigenvalue weighted by Gasteiger charge is 1.97. The minimum atomic E-state index is -0.751. The van der Waals surface area contributed by atoms with Crippen molar-refractivity contribution in [1.29, 1.82) is 0 Å². The van der Waals surface area contributed by atoms with Crippen LogP contribution in [0.25, 0.3) is 0 Å². The van der Waals surface area contributed by atoms with Crippen molar-refractivity contribution < 1.29 is 19.5 Å². The second-order valence-corrected chi connectivity index (χ2v) is 3.45. The first-order chi connectivity index (χ1) is 8.08. The van der Waals surface area contributed by atoms with Crippen LogP contribution in [-0.4, -0.2) is 42.3 Å². The maximum Gasteiger partial charge on any atom is 0.303 e. The lowest BCUT2D eigenvalue weighted by Crippen LogP contribution is -2.16. The number of allylic oxidation sites excluding steroid dienone is 2. The van der Waals surface area contributed by atoms with Crippen LogP contribution in [0.15, 0.2) is 12.2 Å². The number of carbonyl (C=O) groups is 3. The fourth-order valence-electron chi connectivity index (χ4n) is 0.945. The van der Waals surface area contributed by atoms with Gasteiger partial charge >= 0.3 is 5.97 Å². The fraction of sp³-hybridized carbons (Fsp3) is 0.583. The summed E-state index contributed by atoms with van der Waals surface area (Å²) >= 11 is 0. The van der Waals surface area contributed by atoms with E-state index < -0.39 is 5.97 Å². The number of carboxylic acid groups (broad SMARTS) is 1. The predicted molar refractivity (Wildman–Crippen MR) is 65.7 cm³/mol. The minimum absolute atomic E-state index is 0.227. The molecule has 0 aliphatic rings. The van der Waals surface area contributed by atoms with E-state index in [1.54, 1.807) is 24.9 Å². The van der Waals surface area contributed by atoms with Crippen molar-refractivity contribution >= 4 is 18.7 Å². The highest BCUT2D eigenvalue weighted by Crippen LogP contribution is 1.99. The Hall–Kier alpha value is -1.65. The molecule has 0 aliphatic heterocycles. The molecule has 0 saturated carbocycles. The van der Waals surface area contributed by atoms with Gasteiger partial charge in [-0.05, 0) is 25.8 Å². The van der Waals surface area contributed by atoms with Crippen LogP contribution in [0, 0.1) is 0 Å². The molecular weight excluding hydrogens is 222 g/mol. The summed E-state index contributed by atoms with van der Waals surface area (Å²) in [5, 5.41) is 8.30. The van der Waals surface area contributed by atoms with Crippen LogP contribution in [-0.2, 0) is 14.4 Å². The lowest BCUT2D eigenvalue weighted by atomic mass is 10.2. The number of aliphatic carboxylic acids is 1. The van der Waals surface area contributed by atoms with Crippen molar-refractivity contribution in [3.05, 3.63) is 12.2 Å². The van der Waals surface area contributed by atoms with Gasteiger partial charge < -0.3 is 10.0 Å². The van der Waals surface area contributed by atoms with Gasteiger partial charge in [0.15, 0.2) is 0 Å². The van der Waals surface area contributed by atoms with E-state index in [4.69, 9.17) is 5.11 Å². The number of aldehydes is 1. The molecule has 0 heterocycles. The summed E-state index contributed by atoms with van der Waals surface area (Å²) in [4.78, 5) is 31.1. The van der Waals surface area contributed by atoms with E-state index in [2.05, 4.69) is 0 Å². The Balaban J connectivity index is 0. The van der Waals surface area contributed by atoms with E-state index in [0.717, 1.165) is 25.5 Å². The number of hydrogen-bond acceptors (Lipinski definition) is 3. The molecule has 0 aliphatic carbocycles. The molecule has 0 spiro atoms. The molecule has 5 heteroatoms. The van der Waals surface area contributed by atoms with Gasteiger partial charge in [0, 0.05) is 20.0 Å². The topological polar surface area (TPSA) is 74.7 Å². The summed E-state index contributed by atoms with van der Waals surface area (Å²) in [5.41, 5.74) is 0. The van der Waals surface area contributed by atoms with Gasteiger partial charge in [-0.15, -0.1) is 0 Å². The van der Waals surface area contributed by atoms with Crippen LogP contribution < -0.4 is 0 Å². The van der Waals surface area contributed by atoms with Gasteiger partial charge in [0.25, 0.3) is 0 Å². The number of unbranched alkanes of at least 4 members (excludes halogenated alkanes) is 2. The van der Waals surface area contributed by atoms with Crippen molar-refractivity contribution in [2.24, 2.45) is 0 Å². The molecule has 1 amide bonds. The van der Waals surface area contributed by atoms with Crippen LogP contribution in [0.1, 0.15) is 32.6 Å². The maximum atomic E-state index is 10.1. The van der Waals surface area contributed by atoms with E-state index in [-0.39, 0.29) is 6.42 Å². The SMILES string of the molecule is C/C=C\C=O.CN(C=O)CCCCCC(=O)O. The quantitative estimate of drug-likeness (QED) is 0.398. The minimum Gasteiger partial charge on any atom is -0.481 e. The largest absolute Gasteiger partial charge is 0.481 e. The monoisotopic (exact) mass is 243 g/mol. The zero-order valence-electron chi connectivity index (χ0n) is 10.5. The summed E-state index contributed by atoms with van der Waals surface area (Å²) in [7, 11) is 1.71. The summed E-state index contributed by atoms with van der Waals surface area (Å²) in [6, 6.07) is 0. The number of carbonyl (C=O) groups excluding carboxylic acids is 2. The third-order valence-corrected chi connectivity index (χ3v) is 1.85. The molecule has 98 valence electrons. The molecule has 0 atom stereocenters. The number of carboxylic acids is 1. The first kappa shape index (κ1) is 17.7. The molecule has 0 aromatic heterocycles. The predicted octanol–water partition coefficient (Wildman–Crippen LogP) is 1.48. The maximum absolute atomic E-state index is 10.1. The zero-order chi connectivity index (χ0) is 13.5. The first-order valence-electron chi connectivity index (χ1n) is 5.52. The summed E-state index contributed by atoms with van der Waals surface area (Å²) in [6.07, 6.45) is 7.32. The Morgan fingerprint density at radius 3 is 2.24 bits per heavy atom. The van der Waals surface area contributed by atoms with Gasteiger partial charge in [0.05, 0.1) is 0 Å². The lowest BCUT2D eigenvalue weighted by molar-refractivity contribution is -0.137. The number of nitrogens with zero attached hydrogens (tertiary/aromatic N) is 1. The Morgan fingerprint density at radius 2 is 1.88 bits per heavy atom. The molecule has 0 unspecified atom stereocenters. The Bertz CT molecular complexity index is 239. The molecule has 0 rings (SSSR count). The molecule has 1 N–H and O–H groups in total. The van der Waals surface area contributed by atoms with Gasteiger partial charge in [0.2, 0.25) is 6.41 Å². The second-order valence-electron chi connectivity index (χ2n) is 3.45. The van der Waals surface area contributed by atoms with Crippen molar-refractivity contribution in [1.82, 2.24) is 4.90 Å². The normalized spacial score (nSPS) is 9.29. The highest BCUT2D eigenvalue weighted by molar-refractivity contribution is 5.66. The summed E-state index contributed by atoms with van der Waals surface area (Å²) in [5.74, 6) is -0.751. The van der Waals surface area contributed by atoms with E-state index >= 15 is 0 Å². The molecular formula is C12H21NO4. The van der Waals surface area contributed by atoms with E-state index in [1.165, 1.54) is 6.08 Å². The Morgan fingerprint density at radius 1 is 1.24 bits per heavy atom. The van der Waals surface area contributed by atoms with Crippen LogP contribution in [0.3, 0.4) is 0 Å². The van der Waals surface area contributed by atoms with E-state index in [0.29, 0.717) is 13.0 Å². The van der Waals surface area contributed by atoms with Crippen LogP contribution in [0.2, 0.25) is 0 Å².